The maximum absolute atomic E-state index is 2.51. The lowest BCUT2D eigenvalue weighted by Gasteiger charge is -2.11. The average molecular weight is 539 g/mol. The summed E-state index contributed by atoms with van der Waals surface area (Å²) < 4.78 is 7.65. The van der Waals surface area contributed by atoms with Crippen LogP contribution >= 0.6 is 11.3 Å². The van der Waals surface area contributed by atoms with Gasteiger partial charge < -0.3 is 8.97 Å². The van der Waals surface area contributed by atoms with Crippen molar-refractivity contribution in [3.05, 3.63) is 133 Å². The molecule has 0 radical (unpaired) electrons. The Labute approximate surface area is 238 Å². The summed E-state index contributed by atoms with van der Waals surface area (Å²) in [6, 6.07) is 49.1. The Morgan fingerprint density at radius 1 is 0.439 bits per heavy atom. The van der Waals surface area contributed by atoms with E-state index in [4.69, 9.17) is 0 Å². The van der Waals surface area contributed by atoms with Gasteiger partial charge in [-0.3, -0.25) is 0 Å². The first-order chi connectivity index (χ1) is 20.4. The van der Waals surface area contributed by atoms with Crippen molar-refractivity contribution >= 4 is 91.4 Å². The van der Waals surface area contributed by atoms with E-state index in [1.165, 1.54) is 85.8 Å². The topological polar surface area (TPSA) is 9.34 Å². The smallest absolute Gasteiger partial charge is 0.0640 e. The van der Waals surface area contributed by atoms with E-state index in [1.54, 1.807) is 0 Å². The molecule has 6 aromatic carbocycles. The molecule has 0 aliphatic heterocycles. The summed E-state index contributed by atoms with van der Waals surface area (Å²) in [5.41, 5.74) is 7.49. The standard InChI is InChI=1S/C38H22N2S/c1-2-12-26-24(10-1)25-11-3-6-16-30(25)40-34(26)22-23-20-21-32-36(37(23)40)29-14-4-7-17-31(29)39(32)33-18-9-15-28-27-13-5-8-19-35(27)41-38(28)33/h1-22H. The normalized spacial score (nSPS) is 12.4. The summed E-state index contributed by atoms with van der Waals surface area (Å²) in [4.78, 5) is 0. The summed E-state index contributed by atoms with van der Waals surface area (Å²) in [7, 11) is 0. The first-order valence-corrected chi connectivity index (χ1v) is 14.9. The monoisotopic (exact) mass is 538 g/mol. The molecule has 3 heteroatoms. The van der Waals surface area contributed by atoms with Gasteiger partial charge in [0.25, 0.3) is 0 Å². The second-order valence-corrected chi connectivity index (χ2v) is 12.0. The van der Waals surface area contributed by atoms with E-state index >= 15 is 0 Å². The molecule has 0 N–H and O–H groups in total. The van der Waals surface area contributed by atoms with Crippen LogP contribution in [0.4, 0.5) is 0 Å². The van der Waals surface area contributed by atoms with Gasteiger partial charge in [0, 0.05) is 42.4 Å². The third-order valence-electron chi connectivity index (χ3n) is 8.86. The van der Waals surface area contributed by atoms with Crippen molar-refractivity contribution in [3.8, 4) is 5.69 Å². The van der Waals surface area contributed by atoms with Crippen LogP contribution in [0.5, 0.6) is 0 Å². The highest BCUT2D eigenvalue weighted by Gasteiger charge is 2.21. The minimum absolute atomic E-state index is 1.24. The highest BCUT2D eigenvalue weighted by atomic mass is 32.1. The van der Waals surface area contributed by atoms with Crippen molar-refractivity contribution < 1.29 is 0 Å². The zero-order valence-electron chi connectivity index (χ0n) is 22.0. The largest absolute Gasteiger partial charge is 0.308 e. The number of hydrogen-bond donors (Lipinski definition) is 0. The molecule has 4 heterocycles. The van der Waals surface area contributed by atoms with E-state index in [9.17, 15) is 0 Å². The summed E-state index contributed by atoms with van der Waals surface area (Å²) in [5, 5.41) is 10.4. The van der Waals surface area contributed by atoms with Gasteiger partial charge in [0.2, 0.25) is 0 Å². The van der Waals surface area contributed by atoms with E-state index in [-0.39, 0.29) is 0 Å². The molecular formula is C38H22N2S. The second kappa shape index (κ2) is 7.75. The Morgan fingerprint density at radius 2 is 1.10 bits per heavy atom. The van der Waals surface area contributed by atoms with Gasteiger partial charge in [0.05, 0.1) is 38.0 Å². The Morgan fingerprint density at radius 3 is 1.95 bits per heavy atom. The molecule has 4 aromatic heterocycles. The van der Waals surface area contributed by atoms with Gasteiger partial charge in [0.15, 0.2) is 0 Å². The minimum atomic E-state index is 1.24. The van der Waals surface area contributed by atoms with Crippen LogP contribution in [0.1, 0.15) is 0 Å². The fourth-order valence-corrected chi connectivity index (χ4v) is 8.41. The molecule has 0 unspecified atom stereocenters. The van der Waals surface area contributed by atoms with E-state index < -0.39 is 0 Å². The summed E-state index contributed by atoms with van der Waals surface area (Å²) in [6.45, 7) is 0. The lowest BCUT2D eigenvalue weighted by molar-refractivity contribution is 1.20. The number of para-hydroxylation sites is 2. The highest BCUT2D eigenvalue weighted by Crippen LogP contribution is 2.44. The highest BCUT2D eigenvalue weighted by molar-refractivity contribution is 7.26. The van der Waals surface area contributed by atoms with Crippen molar-refractivity contribution in [1.82, 2.24) is 8.97 Å². The zero-order valence-corrected chi connectivity index (χ0v) is 22.8. The number of rotatable bonds is 1. The fourth-order valence-electron chi connectivity index (χ4n) is 7.20. The molecule has 41 heavy (non-hydrogen) atoms. The van der Waals surface area contributed by atoms with Crippen LogP contribution in [0.15, 0.2) is 133 Å². The van der Waals surface area contributed by atoms with Crippen molar-refractivity contribution in [2.24, 2.45) is 0 Å². The molecular weight excluding hydrogens is 516 g/mol. The van der Waals surface area contributed by atoms with Gasteiger partial charge in [-0.15, -0.1) is 11.3 Å². The molecule has 10 aromatic rings. The third kappa shape index (κ3) is 2.71. The molecule has 0 amide bonds. The minimum Gasteiger partial charge on any atom is -0.308 e. The molecule has 0 atom stereocenters. The van der Waals surface area contributed by atoms with Crippen LogP contribution in [-0.4, -0.2) is 8.97 Å². The van der Waals surface area contributed by atoms with E-state index in [0.29, 0.717) is 0 Å². The average Bonchev–Trinajstić information content (AvgIpc) is 3.71. The van der Waals surface area contributed by atoms with Gasteiger partial charge in [-0.25, -0.2) is 0 Å². The first-order valence-electron chi connectivity index (χ1n) is 14.0. The number of nitrogens with zero attached hydrogens (tertiary/aromatic N) is 2. The Balaban J connectivity index is 1.45. The van der Waals surface area contributed by atoms with Crippen LogP contribution in [0.3, 0.4) is 0 Å². The van der Waals surface area contributed by atoms with Crippen molar-refractivity contribution in [2.75, 3.05) is 0 Å². The van der Waals surface area contributed by atoms with Crippen molar-refractivity contribution in [1.29, 1.82) is 0 Å². The van der Waals surface area contributed by atoms with Crippen LogP contribution < -0.4 is 0 Å². The number of pyridine rings is 1. The lowest BCUT2D eigenvalue weighted by atomic mass is 10.1. The van der Waals surface area contributed by atoms with Crippen molar-refractivity contribution in [2.45, 2.75) is 0 Å². The molecule has 0 saturated carbocycles. The van der Waals surface area contributed by atoms with Gasteiger partial charge in [-0.2, -0.15) is 0 Å². The maximum atomic E-state index is 2.51. The Hall–Kier alpha value is -5.12. The molecule has 2 nitrogen and oxygen atoms in total. The molecule has 0 fully saturated rings. The van der Waals surface area contributed by atoms with Crippen LogP contribution in [0.2, 0.25) is 0 Å². The van der Waals surface area contributed by atoms with Crippen molar-refractivity contribution in [3.63, 3.8) is 0 Å². The molecule has 0 spiro atoms. The lowest BCUT2D eigenvalue weighted by Crippen LogP contribution is -1.94. The van der Waals surface area contributed by atoms with Gasteiger partial charge in [-0.05, 0) is 41.8 Å². The molecule has 0 bridgehead atoms. The number of hydrogen-bond acceptors (Lipinski definition) is 1. The summed E-state index contributed by atoms with van der Waals surface area (Å²) in [6.07, 6.45) is 0. The molecule has 10 rings (SSSR count). The maximum Gasteiger partial charge on any atom is 0.0640 e. The van der Waals surface area contributed by atoms with E-state index in [2.05, 4.69) is 142 Å². The zero-order chi connectivity index (χ0) is 26.7. The number of aromatic nitrogens is 2. The molecule has 0 saturated heterocycles. The van der Waals surface area contributed by atoms with Gasteiger partial charge >= 0.3 is 0 Å². The number of fused-ring (bicyclic) bond motifs is 15. The molecule has 190 valence electrons. The SMILES string of the molecule is c1ccc2c(c1)sc1c(-n3c4ccccc4c4c3ccc3cc5c6ccccc6c6ccccc6n5c34)cccc12. The van der Waals surface area contributed by atoms with E-state index in [0.717, 1.165) is 0 Å². The summed E-state index contributed by atoms with van der Waals surface area (Å²) >= 11 is 1.89. The van der Waals surface area contributed by atoms with Crippen LogP contribution in [0, 0.1) is 0 Å². The molecule has 0 aliphatic rings. The predicted octanol–water partition coefficient (Wildman–Crippen LogP) is 10.9. The number of benzene rings is 6. The molecule has 0 aliphatic carbocycles. The second-order valence-electron chi connectivity index (χ2n) is 10.9. The van der Waals surface area contributed by atoms with Gasteiger partial charge in [0.1, 0.15) is 0 Å². The number of thiophene rings is 1. The van der Waals surface area contributed by atoms with E-state index in [1.807, 2.05) is 11.3 Å². The first kappa shape index (κ1) is 21.7. The van der Waals surface area contributed by atoms with Crippen LogP contribution in [0.25, 0.3) is 85.8 Å². The fraction of sp³-hybridized carbons (Fsp3) is 0. The summed E-state index contributed by atoms with van der Waals surface area (Å²) in [5.74, 6) is 0. The quantitative estimate of drug-likeness (QED) is 0.184. The van der Waals surface area contributed by atoms with Crippen LogP contribution in [-0.2, 0) is 0 Å². The Bertz CT molecular complexity index is 2700. The van der Waals surface area contributed by atoms with Gasteiger partial charge in [-0.1, -0.05) is 97.1 Å². The Kier molecular flexibility index (Phi) is 4.10. The predicted molar refractivity (Wildman–Crippen MR) is 177 cm³/mol. The third-order valence-corrected chi connectivity index (χ3v) is 10.1.